The Kier molecular flexibility index (Phi) is 3.25. The van der Waals surface area contributed by atoms with Crippen molar-refractivity contribution in [1.82, 2.24) is 20.2 Å². The van der Waals surface area contributed by atoms with E-state index in [1.54, 1.807) is 24.8 Å². The van der Waals surface area contributed by atoms with Crippen LogP contribution in [0.4, 0.5) is 0 Å². The summed E-state index contributed by atoms with van der Waals surface area (Å²) in [6.45, 7) is 4.19. The van der Waals surface area contributed by atoms with E-state index in [1.165, 1.54) is 0 Å². The molecule has 1 atom stereocenters. The van der Waals surface area contributed by atoms with Crippen LogP contribution in [0.15, 0.2) is 15.1 Å². The largest absolute Gasteiger partial charge is 0.361 e. The van der Waals surface area contributed by atoms with Crippen LogP contribution in [0.25, 0.3) is 0 Å². The average molecular weight is 276 g/mol. The molecule has 1 fully saturated rings. The minimum absolute atomic E-state index is 0.151. The van der Waals surface area contributed by atoms with Gasteiger partial charge in [-0.15, -0.1) is 0 Å². The molecule has 3 rings (SSSR count). The Hall–Kier alpha value is -2.18. The van der Waals surface area contributed by atoms with Crippen molar-refractivity contribution in [3.8, 4) is 0 Å². The third-order valence-corrected chi connectivity index (χ3v) is 3.44. The molecule has 3 heterocycles. The molecule has 106 valence electrons. The molecule has 0 N–H and O–H groups in total. The van der Waals surface area contributed by atoms with Gasteiger partial charge in [0.1, 0.15) is 11.8 Å². The maximum absolute atomic E-state index is 12.5. The van der Waals surface area contributed by atoms with Gasteiger partial charge in [0.05, 0.1) is 0 Å². The number of amides is 1. The second kappa shape index (κ2) is 5.07. The molecule has 0 spiro atoms. The predicted molar refractivity (Wildman–Crippen MR) is 67.9 cm³/mol. The van der Waals surface area contributed by atoms with E-state index < -0.39 is 0 Å². The van der Waals surface area contributed by atoms with E-state index in [2.05, 4.69) is 15.3 Å². The Balaban J connectivity index is 1.87. The van der Waals surface area contributed by atoms with Crippen molar-refractivity contribution in [2.24, 2.45) is 0 Å². The predicted octanol–water partition coefficient (Wildman–Crippen LogP) is 2.04. The van der Waals surface area contributed by atoms with Crippen LogP contribution in [0.1, 0.15) is 53.3 Å². The van der Waals surface area contributed by atoms with Gasteiger partial charge in [-0.05, 0) is 33.1 Å². The SMILES string of the molecule is Cc1noc([C@@H]2CCCCN2C(=O)c2cc(C)on2)n1. The summed E-state index contributed by atoms with van der Waals surface area (Å²) in [4.78, 5) is 18.5. The molecule has 0 saturated carbocycles. The lowest BCUT2D eigenvalue weighted by Crippen LogP contribution is -2.38. The molecular formula is C13H16N4O3. The van der Waals surface area contributed by atoms with Gasteiger partial charge in [0.15, 0.2) is 11.5 Å². The monoisotopic (exact) mass is 276 g/mol. The Morgan fingerprint density at radius 2 is 2.15 bits per heavy atom. The molecule has 1 aliphatic heterocycles. The van der Waals surface area contributed by atoms with Gasteiger partial charge in [-0.3, -0.25) is 4.79 Å². The molecule has 0 unspecified atom stereocenters. The Morgan fingerprint density at radius 3 is 2.80 bits per heavy atom. The molecule has 0 radical (unpaired) electrons. The van der Waals surface area contributed by atoms with Gasteiger partial charge in [-0.25, -0.2) is 0 Å². The van der Waals surface area contributed by atoms with Gasteiger partial charge in [-0.1, -0.05) is 10.3 Å². The second-order valence-corrected chi connectivity index (χ2v) is 5.01. The summed E-state index contributed by atoms with van der Waals surface area (Å²) in [6.07, 6.45) is 2.82. The van der Waals surface area contributed by atoms with Crippen LogP contribution in [0.3, 0.4) is 0 Å². The molecule has 1 aliphatic rings. The van der Waals surface area contributed by atoms with E-state index in [9.17, 15) is 4.79 Å². The minimum Gasteiger partial charge on any atom is -0.361 e. The summed E-state index contributed by atoms with van der Waals surface area (Å²) in [5, 5.41) is 7.60. The first-order chi connectivity index (χ1) is 9.65. The van der Waals surface area contributed by atoms with Crippen molar-refractivity contribution in [3.05, 3.63) is 29.2 Å². The van der Waals surface area contributed by atoms with Crippen LogP contribution in [0.2, 0.25) is 0 Å². The number of rotatable bonds is 2. The highest BCUT2D eigenvalue weighted by Gasteiger charge is 2.33. The van der Waals surface area contributed by atoms with Gasteiger partial charge >= 0.3 is 0 Å². The lowest BCUT2D eigenvalue weighted by Gasteiger charge is -2.32. The summed E-state index contributed by atoms with van der Waals surface area (Å²) < 4.78 is 10.2. The van der Waals surface area contributed by atoms with Gasteiger partial charge < -0.3 is 13.9 Å². The summed E-state index contributed by atoms with van der Waals surface area (Å²) >= 11 is 0. The van der Waals surface area contributed by atoms with Crippen LogP contribution in [0, 0.1) is 13.8 Å². The molecule has 7 heteroatoms. The highest BCUT2D eigenvalue weighted by Crippen LogP contribution is 2.31. The fourth-order valence-electron chi connectivity index (χ4n) is 2.49. The molecular weight excluding hydrogens is 260 g/mol. The maximum Gasteiger partial charge on any atom is 0.276 e. The Bertz CT molecular complexity index is 619. The van der Waals surface area contributed by atoms with E-state index in [1.807, 2.05) is 0 Å². The zero-order chi connectivity index (χ0) is 14.1. The first kappa shape index (κ1) is 12.8. The van der Waals surface area contributed by atoms with E-state index in [-0.39, 0.29) is 11.9 Å². The number of hydrogen-bond acceptors (Lipinski definition) is 6. The molecule has 0 aromatic carbocycles. The van der Waals surface area contributed by atoms with Crippen LogP contribution in [0.5, 0.6) is 0 Å². The summed E-state index contributed by atoms with van der Waals surface area (Å²) in [6, 6.07) is 1.47. The van der Waals surface area contributed by atoms with Crippen molar-refractivity contribution in [2.45, 2.75) is 39.2 Å². The highest BCUT2D eigenvalue weighted by molar-refractivity contribution is 5.92. The molecule has 1 saturated heterocycles. The topological polar surface area (TPSA) is 85.3 Å². The summed E-state index contributed by atoms with van der Waals surface area (Å²) in [5.74, 6) is 1.55. The molecule has 2 aromatic heterocycles. The number of piperidine rings is 1. The lowest BCUT2D eigenvalue weighted by molar-refractivity contribution is 0.0551. The van der Waals surface area contributed by atoms with Crippen molar-refractivity contribution < 1.29 is 13.8 Å². The van der Waals surface area contributed by atoms with Crippen LogP contribution in [-0.2, 0) is 0 Å². The number of likely N-dealkylation sites (tertiary alicyclic amines) is 1. The normalized spacial score (nSPS) is 19.3. The van der Waals surface area contributed by atoms with Crippen molar-refractivity contribution in [2.75, 3.05) is 6.54 Å². The van der Waals surface area contributed by atoms with Crippen LogP contribution < -0.4 is 0 Å². The Labute approximate surface area is 115 Å². The molecule has 2 aromatic rings. The molecule has 1 amide bonds. The summed E-state index contributed by atoms with van der Waals surface area (Å²) in [5.41, 5.74) is 0.325. The van der Waals surface area contributed by atoms with E-state index >= 15 is 0 Å². The lowest BCUT2D eigenvalue weighted by atomic mass is 10.0. The Morgan fingerprint density at radius 1 is 1.30 bits per heavy atom. The maximum atomic E-state index is 12.5. The molecule has 7 nitrogen and oxygen atoms in total. The average Bonchev–Trinajstić information content (AvgIpc) is 3.07. The van der Waals surface area contributed by atoms with E-state index in [0.717, 1.165) is 19.3 Å². The number of aromatic nitrogens is 3. The standard InChI is InChI=1S/C13H16N4O3/c1-8-7-10(16-19-8)13(18)17-6-4-3-5-11(17)12-14-9(2)15-20-12/h7,11H,3-6H2,1-2H3/t11-/m0/s1. The van der Waals surface area contributed by atoms with Crippen LogP contribution >= 0.6 is 0 Å². The second-order valence-electron chi connectivity index (χ2n) is 5.01. The number of carbonyl (C=O) groups excluding carboxylic acids is 1. The number of carbonyl (C=O) groups is 1. The fourth-order valence-corrected chi connectivity index (χ4v) is 2.49. The zero-order valence-corrected chi connectivity index (χ0v) is 11.5. The van der Waals surface area contributed by atoms with Crippen molar-refractivity contribution >= 4 is 5.91 Å². The quantitative estimate of drug-likeness (QED) is 0.834. The van der Waals surface area contributed by atoms with E-state index in [0.29, 0.717) is 29.7 Å². The van der Waals surface area contributed by atoms with Gasteiger partial charge in [0.25, 0.3) is 5.91 Å². The zero-order valence-electron chi connectivity index (χ0n) is 11.5. The first-order valence-electron chi connectivity index (χ1n) is 6.69. The molecule has 0 bridgehead atoms. The number of aryl methyl sites for hydroxylation is 2. The minimum atomic E-state index is -0.172. The van der Waals surface area contributed by atoms with Gasteiger partial charge in [-0.2, -0.15) is 4.98 Å². The van der Waals surface area contributed by atoms with Gasteiger partial charge in [0.2, 0.25) is 5.89 Å². The van der Waals surface area contributed by atoms with Gasteiger partial charge in [0, 0.05) is 12.6 Å². The van der Waals surface area contributed by atoms with Crippen LogP contribution in [-0.4, -0.2) is 32.6 Å². The third kappa shape index (κ3) is 2.31. The third-order valence-electron chi connectivity index (χ3n) is 3.44. The smallest absolute Gasteiger partial charge is 0.276 e. The molecule has 20 heavy (non-hydrogen) atoms. The molecule has 0 aliphatic carbocycles. The summed E-state index contributed by atoms with van der Waals surface area (Å²) in [7, 11) is 0. The number of nitrogens with zero attached hydrogens (tertiary/aromatic N) is 4. The first-order valence-corrected chi connectivity index (χ1v) is 6.69. The number of hydrogen-bond donors (Lipinski definition) is 0. The van der Waals surface area contributed by atoms with Crippen molar-refractivity contribution in [3.63, 3.8) is 0 Å². The fraction of sp³-hybridized carbons (Fsp3) is 0.538. The highest BCUT2D eigenvalue weighted by atomic mass is 16.5. The van der Waals surface area contributed by atoms with Crippen molar-refractivity contribution in [1.29, 1.82) is 0 Å². The van der Waals surface area contributed by atoms with E-state index in [4.69, 9.17) is 9.05 Å².